The van der Waals surface area contributed by atoms with Gasteiger partial charge >= 0.3 is 0 Å². The Morgan fingerprint density at radius 2 is 1.81 bits per heavy atom. The molecule has 2 aliphatic rings. The van der Waals surface area contributed by atoms with Crippen LogP contribution in [0.5, 0.6) is 0 Å². The molecule has 5 rings (SSSR count). The zero-order valence-corrected chi connectivity index (χ0v) is 19.3. The van der Waals surface area contributed by atoms with Gasteiger partial charge in [0, 0.05) is 42.0 Å². The van der Waals surface area contributed by atoms with E-state index in [1.807, 2.05) is 42.5 Å². The van der Waals surface area contributed by atoms with E-state index >= 15 is 0 Å². The fourth-order valence-corrected chi connectivity index (χ4v) is 5.04. The Morgan fingerprint density at radius 1 is 1.06 bits per heavy atom. The zero-order valence-electron chi connectivity index (χ0n) is 17.8. The molecule has 1 N–H and O–H groups in total. The van der Waals surface area contributed by atoms with E-state index in [9.17, 15) is 4.79 Å². The molecule has 32 heavy (non-hydrogen) atoms. The number of ether oxygens (including phenoxy) is 1. The molecule has 3 aromatic rings. The fourth-order valence-electron chi connectivity index (χ4n) is 4.74. The summed E-state index contributed by atoms with van der Waals surface area (Å²) in [7, 11) is 0. The maximum atomic E-state index is 13.4. The molecule has 168 valence electrons. The van der Waals surface area contributed by atoms with E-state index < -0.39 is 0 Å². The smallest absolute Gasteiger partial charge is 0.249 e. The summed E-state index contributed by atoms with van der Waals surface area (Å²) < 4.78 is 7.65. The van der Waals surface area contributed by atoms with Gasteiger partial charge in [0.1, 0.15) is 6.04 Å². The van der Waals surface area contributed by atoms with Crippen molar-refractivity contribution >= 4 is 51.8 Å². The first-order valence-corrected chi connectivity index (χ1v) is 11.9. The van der Waals surface area contributed by atoms with Gasteiger partial charge in [0.25, 0.3) is 0 Å². The van der Waals surface area contributed by atoms with Crippen LogP contribution in [0, 0.1) is 5.92 Å². The number of hydrogen-bond acceptors (Lipinski definition) is 4. The Hall–Kier alpha value is -2.28. The lowest BCUT2D eigenvalue weighted by Crippen LogP contribution is -2.40. The first kappa shape index (κ1) is 21.6. The summed E-state index contributed by atoms with van der Waals surface area (Å²) in [5, 5.41) is 4.46. The molecule has 6 nitrogen and oxygen atoms in total. The summed E-state index contributed by atoms with van der Waals surface area (Å²) in [6, 6.07) is 13.1. The third kappa shape index (κ3) is 4.45. The molecule has 2 aromatic carbocycles. The molecular formula is C24H26Cl2N4O2. The van der Waals surface area contributed by atoms with E-state index in [2.05, 4.69) is 14.8 Å². The summed E-state index contributed by atoms with van der Waals surface area (Å²) in [6.07, 6.45) is 3.79. The highest BCUT2D eigenvalue weighted by Crippen LogP contribution is 2.30. The molecule has 1 aromatic heterocycles. The lowest BCUT2D eigenvalue weighted by atomic mass is 10.0. The van der Waals surface area contributed by atoms with Crippen LogP contribution < -0.4 is 10.2 Å². The number of halogens is 2. The number of carbonyl (C=O) groups is 1. The standard InChI is InChI=1S/C24H26Cl2N4O2/c25-17-3-6-19(7-4-17)29-11-1-2-22(29)23(31)28-24-27-20-14-18(26)5-8-21(20)30(24)15-16-9-12-32-13-10-16/h3-8,14,16,22H,1-2,9-13,15H2,(H,27,28,31)/t22-/m0/s1. The molecule has 0 spiro atoms. The van der Waals surface area contributed by atoms with E-state index in [0.29, 0.717) is 21.9 Å². The lowest BCUT2D eigenvalue weighted by Gasteiger charge is -2.26. The minimum atomic E-state index is -0.240. The van der Waals surface area contributed by atoms with Crippen LogP contribution in [0.15, 0.2) is 42.5 Å². The number of benzene rings is 2. The molecule has 8 heteroatoms. The van der Waals surface area contributed by atoms with Gasteiger partial charge in [-0.15, -0.1) is 0 Å². The number of fused-ring (bicyclic) bond motifs is 1. The van der Waals surface area contributed by atoms with Crippen LogP contribution in [0.3, 0.4) is 0 Å². The minimum Gasteiger partial charge on any atom is -0.381 e. The van der Waals surface area contributed by atoms with E-state index in [0.717, 1.165) is 68.7 Å². The van der Waals surface area contributed by atoms with Crippen LogP contribution in [0.4, 0.5) is 11.6 Å². The topological polar surface area (TPSA) is 59.4 Å². The summed E-state index contributed by atoms with van der Waals surface area (Å²) in [5.41, 5.74) is 2.78. The van der Waals surface area contributed by atoms with Crippen molar-refractivity contribution in [3.8, 4) is 0 Å². The van der Waals surface area contributed by atoms with Crippen molar-refractivity contribution in [1.82, 2.24) is 9.55 Å². The largest absolute Gasteiger partial charge is 0.381 e. The predicted octanol–water partition coefficient (Wildman–Crippen LogP) is 5.38. The Balaban J connectivity index is 1.41. The van der Waals surface area contributed by atoms with Gasteiger partial charge < -0.3 is 14.2 Å². The Kier molecular flexibility index (Phi) is 6.26. The maximum Gasteiger partial charge on any atom is 0.249 e. The summed E-state index contributed by atoms with van der Waals surface area (Å²) in [5.74, 6) is 1.04. The number of hydrogen-bond donors (Lipinski definition) is 1. The predicted molar refractivity (Wildman–Crippen MR) is 129 cm³/mol. The van der Waals surface area contributed by atoms with Gasteiger partial charge in [-0.25, -0.2) is 4.98 Å². The van der Waals surface area contributed by atoms with Crippen LogP contribution in [-0.2, 0) is 16.1 Å². The van der Waals surface area contributed by atoms with Gasteiger partial charge in [0.05, 0.1) is 11.0 Å². The summed E-state index contributed by atoms with van der Waals surface area (Å²) >= 11 is 12.3. The maximum absolute atomic E-state index is 13.4. The normalized spacial score (nSPS) is 19.6. The molecule has 1 amide bonds. The van der Waals surface area contributed by atoms with Gasteiger partial charge in [-0.3, -0.25) is 10.1 Å². The first-order valence-electron chi connectivity index (χ1n) is 11.1. The molecule has 1 atom stereocenters. The highest BCUT2D eigenvalue weighted by molar-refractivity contribution is 6.31. The van der Waals surface area contributed by atoms with Crippen LogP contribution in [0.2, 0.25) is 10.0 Å². The quantitative estimate of drug-likeness (QED) is 0.541. The number of rotatable bonds is 5. The SMILES string of the molecule is O=C(Nc1nc2cc(Cl)ccc2n1CC1CCOCC1)[C@@H]1CCCN1c1ccc(Cl)cc1. The van der Waals surface area contributed by atoms with Crippen molar-refractivity contribution < 1.29 is 9.53 Å². The summed E-state index contributed by atoms with van der Waals surface area (Å²) in [4.78, 5) is 20.3. The molecule has 2 fully saturated rings. The average Bonchev–Trinajstić information content (AvgIpc) is 3.40. The molecule has 2 saturated heterocycles. The number of nitrogens with zero attached hydrogens (tertiary/aromatic N) is 3. The summed E-state index contributed by atoms with van der Waals surface area (Å²) in [6.45, 7) is 3.20. The number of anilines is 2. The Morgan fingerprint density at radius 3 is 2.59 bits per heavy atom. The highest BCUT2D eigenvalue weighted by atomic mass is 35.5. The highest BCUT2D eigenvalue weighted by Gasteiger charge is 2.32. The van der Waals surface area contributed by atoms with Crippen molar-refractivity contribution in [2.75, 3.05) is 30.0 Å². The molecule has 0 unspecified atom stereocenters. The Labute approximate surface area is 197 Å². The van der Waals surface area contributed by atoms with Gasteiger partial charge in [0.2, 0.25) is 11.9 Å². The zero-order chi connectivity index (χ0) is 22.1. The number of carbonyl (C=O) groups excluding carboxylic acids is 1. The van der Waals surface area contributed by atoms with E-state index in [1.54, 1.807) is 0 Å². The van der Waals surface area contributed by atoms with Gasteiger partial charge in [-0.05, 0) is 74.1 Å². The van der Waals surface area contributed by atoms with E-state index in [-0.39, 0.29) is 11.9 Å². The molecule has 2 aliphatic heterocycles. The van der Waals surface area contributed by atoms with Crippen molar-refractivity contribution in [2.45, 2.75) is 38.3 Å². The third-order valence-corrected chi connectivity index (χ3v) is 6.93. The molecule has 0 aliphatic carbocycles. The van der Waals surface area contributed by atoms with Crippen molar-refractivity contribution in [1.29, 1.82) is 0 Å². The van der Waals surface area contributed by atoms with Crippen LogP contribution in [0.25, 0.3) is 11.0 Å². The second kappa shape index (κ2) is 9.30. The van der Waals surface area contributed by atoms with E-state index in [4.69, 9.17) is 32.9 Å². The lowest BCUT2D eigenvalue weighted by molar-refractivity contribution is -0.117. The number of nitrogens with one attached hydrogen (secondary N) is 1. The van der Waals surface area contributed by atoms with E-state index in [1.165, 1.54) is 0 Å². The molecular weight excluding hydrogens is 447 g/mol. The van der Waals surface area contributed by atoms with Crippen LogP contribution in [-0.4, -0.2) is 41.3 Å². The number of imidazole rings is 1. The third-order valence-electron chi connectivity index (χ3n) is 6.44. The molecule has 0 radical (unpaired) electrons. The van der Waals surface area contributed by atoms with Crippen molar-refractivity contribution in [2.24, 2.45) is 5.92 Å². The van der Waals surface area contributed by atoms with Crippen molar-refractivity contribution in [3.63, 3.8) is 0 Å². The molecule has 0 bridgehead atoms. The molecule has 3 heterocycles. The van der Waals surface area contributed by atoms with Gasteiger partial charge in [0.15, 0.2) is 0 Å². The van der Waals surface area contributed by atoms with Crippen LogP contribution in [0.1, 0.15) is 25.7 Å². The number of aromatic nitrogens is 2. The minimum absolute atomic E-state index is 0.0351. The second-order valence-corrected chi connectivity index (χ2v) is 9.42. The van der Waals surface area contributed by atoms with Crippen LogP contribution >= 0.6 is 23.2 Å². The first-order chi connectivity index (χ1) is 15.6. The van der Waals surface area contributed by atoms with Gasteiger partial charge in [-0.1, -0.05) is 23.2 Å². The van der Waals surface area contributed by atoms with Crippen molar-refractivity contribution in [3.05, 3.63) is 52.5 Å². The molecule has 0 saturated carbocycles. The van der Waals surface area contributed by atoms with Gasteiger partial charge in [-0.2, -0.15) is 0 Å². The Bertz CT molecular complexity index is 1110. The second-order valence-electron chi connectivity index (χ2n) is 8.55. The average molecular weight is 473 g/mol. The monoisotopic (exact) mass is 472 g/mol. The number of amides is 1. The fraction of sp³-hybridized carbons (Fsp3) is 0.417.